The molecule has 2 heteroatoms. The van der Waals surface area contributed by atoms with Crippen LogP contribution in [0.3, 0.4) is 0 Å². The van der Waals surface area contributed by atoms with Crippen molar-refractivity contribution in [1.29, 1.82) is 5.26 Å². The molecule has 20 heavy (non-hydrogen) atoms. The Kier molecular flexibility index (Phi) is 4.79. The Bertz CT molecular complexity index is 599. The van der Waals surface area contributed by atoms with Gasteiger partial charge in [-0.3, -0.25) is 0 Å². The van der Waals surface area contributed by atoms with E-state index in [1.807, 2.05) is 42.5 Å². The lowest BCUT2D eigenvalue weighted by atomic mass is 9.92. The summed E-state index contributed by atoms with van der Waals surface area (Å²) in [5.74, 6) is 0.818. The molecule has 2 aromatic rings. The molecule has 0 bridgehead atoms. The van der Waals surface area contributed by atoms with Gasteiger partial charge in [0.1, 0.15) is 5.75 Å². The van der Waals surface area contributed by atoms with Crippen LogP contribution in [0.4, 0.5) is 0 Å². The predicted molar refractivity (Wildman–Crippen MR) is 80.9 cm³/mol. The molecule has 0 aliphatic rings. The zero-order valence-electron chi connectivity index (χ0n) is 12.0. The zero-order chi connectivity index (χ0) is 14.4. The third-order valence-electron chi connectivity index (χ3n) is 3.52. The van der Waals surface area contributed by atoms with Crippen LogP contribution in [-0.4, -0.2) is 7.11 Å². The first-order valence-electron chi connectivity index (χ1n) is 6.88. The van der Waals surface area contributed by atoms with Crippen molar-refractivity contribution in [2.45, 2.75) is 25.7 Å². The SMILES string of the molecule is CCc1cc(CC(C#N)c2ccccc2)ccc1OC. The lowest BCUT2D eigenvalue weighted by Crippen LogP contribution is -2.01. The summed E-state index contributed by atoms with van der Waals surface area (Å²) in [6, 6.07) is 18.5. The van der Waals surface area contributed by atoms with Gasteiger partial charge in [0.25, 0.3) is 0 Å². The van der Waals surface area contributed by atoms with E-state index in [2.05, 4.69) is 19.1 Å². The second kappa shape index (κ2) is 6.77. The van der Waals surface area contributed by atoms with Gasteiger partial charge in [-0.15, -0.1) is 0 Å². The van der Waals surface area contributed by atoms with Gasteiger partial charge in [0.15, 0.2) is 0 Å². The molecule has 0 aliphatic carbocycles. The molecule has 0 saturated heterocycles. The summed E-state index contributed by atoms with van der Waals surface area (Å²) in [4.78, 5) is 0. The molecule has 0 N–H and O–H groups in total. The highest BCUT2D eigenvalue weighted by atomic mass is 16.5. The van der Waals surface area contributed by atoms with Gasteiger partial charge in [-0.05, 0) is 35.6 Å². The van der Waals surface area contributed by atoms with E-state index in [9.17, 15) is 5.26 Å². The number of methoxy groups -OCH3 is 1. The number of nitriles is 1. The van der Waals surface area contributed by atoms with Crippen LogP contribution in [-0.2, 0) is 12.8 Å². The van der Waals surface area contributed by atoms with Crippen molar-refractivity contribution in [3.05, 3.63) is 65.2 Å². The molecule has 0 saturated carbocycles. The Morgan fingerprint density at radius 3 is 2.50 bits per heavy atom. The lowest BCUT2D eigenvalue weighted by Gasteiger charge is -2.12. The van der Waals surface area contributed by atoms with Gasteiger partial charge in [-0.25, -0.2) is 0 Å². The molecule has 0 radical (unpaired) electrons. The summed E-state index contributed by atoms with van der Waals surface area (Å²) in [6.45, 7) is 2.11. The highest BCUT2D eigenvalue weighted by Crippen LogP contribution is 2.25. The summed E-state index contributed by atoms with van der Waals surface area (Å²) in [7, 11) is 1.69. The van der Waals surface area contributed by atoms with Crippen molar-refractivity contribution < 1.29 is 4.74 Å². The largest absolute Gasteiger partial charge is 0.496 e. The summed E-state index contributed by atoms with van der Waals surface area (Å²) >= 11 is 0. The molecule has 0 spiro atoms. The number of nitrogens with zero attached hydrogens (tertiary/aromatic N) is 1. The smallest absolute Gasteiger partial charge is 0.122 e. The molecule has 0 fully saturated rings. The topological polar surface area (TPSA) is 33.0 Å². The first-order chi connectivity index (χ1) is 9.78. The maximum atomic E-state index is 9.39. The fraction of sp³-hybridized carbons (Fsp3) is 0.278. The normalized spacial score (nSPS) is 11.7. The number of rotatable bonds is 5. The van der Waals surface area contributed by atoms with Crippen molar-refractivity contribution in [2.75, 3.05) is 7.11 Å². The van der Waals surface area contributed by atoms with Crippen molar-refractivity contribution >= 4 is 0 Å². The van der Waals surface area contributed by atoms with Gasteiger partial charge in [0.2, 0.25) is 0 Å². The van der Waals surface area contributed by atoms with Gasteiger partial charge < -0.3 is 4.74 Å². The van der Waals surface area contributed by atoms with Crippen LogP contribution < -0.4 is 4.74 Å². The van der Waals surface area contributed by atoms with Crippen molar-refractivity contribution in [3.8, 4) is 11.8 Å². The van der Waals surface area contributed by atoms with Crippen LogP contribution in [0.25, 0.3) is 0 Å². The van der Waals surface area contributed by atoms with Crippen LogP contribution in [0.1, 0.15) is 29.5 Å². The average molecular weight is 265 g/mol. The summed E-state index contributed by atoms with van der Waals surface area (Å²) in [5.41, 5.74) is 3.44. The maximum absolute atomic E-state index is 9.39. The Balaban J connectivity index is 2.23. The molecule has 0 aromatic heterocycles. The van der Waals surface area contributed by atoms with E-state index < -0.39 is 0 Å². The Morgan fingerprint density at radius 2 is 1.90 bits per heavy atom. The van der Waals surface area contributed by atoms with Gasteiger partial charge >= 0.3 is 0 Å². The number of aryl methyl sites for hydroxylation is 1. The fourth-order valence-electron chi connectivity index (χ4n) is 2.39. The monoisotopic (exact) mass is 265 g/mol. The van der Waals surface area contributed by atoms with Crippen LogP contribution in [0, 0.1) is 11.3 Å². The Labute approximate surface area is 120 Å². The second-order valence-electron chi connectivity index (χ2n) is 4.80. The van der Waals surface area contributed by atoms with Crippen molar-refractivity contribution in [2.24, 2.45) is 0 Å². The molecular formula is C18H19NO. The van der Waals surface area contributed by atoms with Crippen LogP contribution in [0.5, 0.6) is 5.75 Å². The van der Waals surface area contributed by atoms with Gasteiger partial charge in [-0.2, -0.15) is 5.26 Å². The van der Waals surface area contributed by atoms with E-state index in [1.165, 1.54) is 11.1 Å². The second-order valence-corrected chi connectivity index (χ2v) is 4.80. The quantitative estimate of drug-likeness (QED) is 0.815. The van der Waals surface area contributed by atoms with E-state index in [4.69, 9.17) is 4.74 Å². The first-order valence-corrected chi connectivity index (χ1v) is 6.88. The maximum Gasteiger partial charge on any atom is 0.122 e. The van der Waals surface area contributed by atoms with E-state index in [0.29, 0.717) is 0 Å². The molecule has 102 valence electrons. The third kappa shape index (κ3) is 3.19. The molecule has 0 amide bonds. The minimum Gasteiger partial charge on any atom is -0.496 e. The van der Waals surface area contributed by atoms with Gasteiger partial charge in [0.05, 0.1) is 19.1 Å². The first kappa shape index (κ1) is 14.1. The molecule has 2 rings (SSSR count). The number of benzene rings is 2. The van der Waals surface area contributed by atoms with E-state index in [0.717, 1.165) is 24.2 Å². The zero-order valence-corrected chi connectivity index (χ0v) is 12.0. The molecular weight excluding hydrogens is 246 g/mol. The van der Waals surface area contributed by atoms with Crippen LogP contribution >= 0.6 is 0 Å². The van der Waals surface area contributed by atoms with Gasteiger partial charge in [0, 0.05) is 0 Å². The standard InChI is InChI=1S/C18H19NO/c1-3-15-11-14(9-10-18(15)20-2)12-17(13-19)16-7-5-4-6-8-16/h4-11,17H,3,12H2,1-2H3. The van der Waals surface area contributed by atoms with E-state index in [1.54, 1.807) is 7.11 Å². The molecule has 2 nitrogen and oxygen atoms in total. The lowest BCUT2D eigenvalue weighted by molar-refractivity contribution is 0.410. The van der Waals surface area contributed by atoms with Crippen molar-refractivity contribution in [1.82, 2.24) is 0 Å². The molecule has 1 atom stereocenters. The van der Waals surface area contributed by atoms with E-state index in [-0.39, 0.29) is 5.92 Å². The minimum atomic E-state index is -0.102. The summed E-state index contributed by atoms with van der Waals surface area (Å²) in [6.07, 6.45) is 1.66. The highest BCUT2D eigenvalue weighted by molar-refractivity contribution is 5.39. The number of ether oxygens (including phenoxy) is 1. The summed E-state index contributed by atoms with van der Waals surface area (Å²) in [5, 5.41) is 9.39. The van der Waals surface area contributed by atoms with Gasteiger partial charge in [-0.1, -0.05) is 49.4 Å². The minimum absolute atomic E-state index is 0.102. The number of hydrogen-bond donors (Lipinski definition) is 0. The number of hydrogen-bond acceptors (Lipinski definition) is 2. The Morgan fingerprint density at radius 1 is 1.15 bits per heavy atom. The molecule has 2 aromatic carbocycles. The predicted octanol–water partition coefficient (Wildman–Crippen LogP) is 4.11. The molecule has 1 unspecified atom stereocenters. The fourth-order valence-corrected chi connectivity index (χ4v) is 2.39. The average Bonchev–Trinajstić information content (AvgIpc) is 2.53. The molecule has 0 aliphatic heterocycles. The Hall–Kier alpha value is -2.27. The van der Waals surface area contributed by atoms with Crippen LogP contribution in [0.2, 0.25) is 0 Å². The summed E-state index contributed by atoms with van der Waals surface area (Å²) < 4.78 is 5.34. The van der Waals surface area contributed by atoms with Crippen LogP contribution in [0.15, 0.2) is 48.5 Å². The third-order valence-corrected chi connectivity index (χ3v) is 3.52. The highest BCUT2D eigenvalue weighted by Gasteiger charge is 2.12. The molecule has 0 heterocycles. The van der Waals surface area contributed by atoms with Crippen molar-refractivity contribution in [3.63, 3.8) is 0 Å². The van der Waals surface area contributed by atoms with E-state index >= 15 is 0 Å².